The molecule has 59 heavy (non-hydrogen) atoms. The number of carbonyl (C=O) groups is 5. The Morgan fingerprint density at radius 1 is 0.915 bits per heavy atom. The molecular formula is C42H43F3N8O6. The van der Waals surface area contributed by atoms with Crippen LogP contribution in [-0.2, 0) is 22.3 Å². The molecule has 7 rings (SSSR count). The molecule has 1 unspecified atom stereocenters. The lowest BCUT2D eigenvalue weighted by Crippen LogP contribution is -2.54. The lowest BCUT2D eigenvalue weighted by atomic mass is 10.0. The van der Waals surface area contributed by atoms with Gasteiger partial charge in [0.1, 0.15) is 17.6 Å². The summed E-state index contributed by atoms with van der Waals surface area (Å²) in [4.78, 5) is 72.6. The van der Waals surface area contributed by atoms with E-state index >= 15 is 0 Å². The maximum Gasteiger partial charge on any atom is 0.419 e. The second kappa shape index (κ2) is 16.4. The number of aromatic nitrogens is 1. The molecule has 2 fully saturated rings. The van der Waals surface area contributed by atoms with Gasteiger partial charge in [0.05, 0.1) is 45.4 Å². The molecule has 3 aliphatic rings. The second-order valence-electron chi connectivity index (χ2n) is 14.9. The molecule has 308 valence electrons. The van der Waals surface area contributed by atoms with Gasteiger partial charge in [0.2, 0.25) is 11.8 Å². The zero-order valence-electron chi connectivity index (χ0n) is 32.8. The molecule has 4 N–H and O–H groups in total. The Morgan fingerprint density at radius 2 is 1.64 bits per heavy atom. The number of nitrogens with zero attached hydrogens (tertiary/aromatic N) is 4. The number of ether oxygens (including phenoxy) is 1. The van der Waals surface area contributed by atoms with Crippen LogP contribution in [0.15, 0.2) is 66.9 Å². The summed E-state index contributed by atoms with van der Waals surface area (Å²) in [6, 6.07) is 15.4. The fourth-order valence-corrected chi connectivity index (χ4v) is 7.55. The van der Waals surface area contributed by atoms with Crippen molar-refractivity contribution in [1.82, 2.24) is 25.4 Å². The van der Waals surface area contributed by atoms with Crippen LogP contribution in [0.5, 0.6) is 5.75 Å². The van der Waals surface area contributed by atoms with E-state index in [1.807, 2.05) is 39.0 Å². The zero-order valence-corrected chi connectivity index (χ0v) is 32.8. The molecule has 1 aromatic heterocycles. The summed E-state index contributed by atoms with van der Waals surface area (Å²) >= 11 is 0. The van der Waals surface area contributed by atoms with E-state index in [4.69, 9.17) is 4.74 Å². The van der Waals surface area contributed by atoms with E-state index < -0.39 is 47.3 Å². The Kier molecular flexibility index (Phi) is 11.3. The number of aryl methyl sites for hydroxylation is 1. The number of hydrogen-bond donors (Lipinski definition) is 4. The van der Waals surface area contributed by atoms with Crippen molar-refractivity contribution in [2.45, 2.75) is 58.5 Å². The minimum atomic E-state index is -4.73. The molecule has 0 bridgehead atoms. The van der Waals surface area contributed by atoms with Gasteiger partial charge >= 0.3 is 6.18 Å². The van der Waals surface area contributed by atoms with Crippen molar-refractivity contribution in [3.63, 3.8) is 0 Å². The molecule has 1 atom stereocenters. The van der Waals surface area contributed by atoms with Gasteiger partial charge in [0.15, 0.2) is 0 Å². The lowest BCUT2D eigenvalue weighted by molar-refractivity contribution is -0.137. The van der Waals surface area contributed by atoms with Crippen LogP contribution in [0.25, 0.3) is 0 Å². The molecule has 17 heteroatoms. The van der Waals surface area contributed by atoms with Gasteiger partial charge in [-0.15, -0.1) is 0 Å². The number of alkyl halides is 3. The number of imide groups is 2. The number of fused-ring (bicyclic) bond motifs is 1. The van der Waals surface area contributed by atoms with Crippen molar-refractivity contribution in [1.29, 1.82) is 0 Å². The molecule has 0 aliphatic carbocycles. The maximum absolute atomic E-state index is 14.2. The largest absolute Gasteiger partial charge is 0.489 e. The van der Waals surface area contributed by atoms with Crippen LogP contribution in [0.2, 0.25) is 0 Å². The molecule has 3 aliphatic heterocycles. The zero-order chi connectivity index (χ0) is 42.2. The number of hydrogen-bond acceptors (Lipinski definition) is 11. The molecule has 0 spiro atoms. The van der Waals surface area contributed by atoms with E-state index in [0.717, 1.165) is 27.9 Å². The summed E-state index contributed by atoms with van der Waals surface area (Å²) in [6.07, 6.45) is -4.08. The standard InChI is InChI=1S/C42H43F3N8O6/c1-23(2)59-35-20-34(24(3)17-32(35)49-36-19-31(29(21-47-36)42(43,44)45)48-30-8-6-5-7-27(30)38(55)46-4)52-15-13-51(14-16-52)22-25-9-10-26-28(18-25)41(58)53(40(26)57)33-11-12-37(54)50-39(33)56/h5-10,17-21,23,33H,11-16,22H2,1-4H3,(H,46,55)(H2,47,48,49)(H,50,54,56). The lowest BCUT2D eigenvalue weighted by Gasteiger charge is -2.37. The van der Waals surface area contributed by atoms with Gasteiger partial charge in [0.25, 0.3) is 17.7 Å². The smallest absolute Gasteiger partial charge is 0.419 e. The highest BCUT2D eigenvalue weighted by molar-refractivity contribution is 6.23. The van der Waals surface area contributed by atoms with E-state index in [1.54, 1.807) is 24.3 Å². The third-order valence-electron chi connectivity index (χ3n) is 10.4. The van der Waals surface area contributed by atoms with Crippen LogP contribution in [0.1, 0.15) is 74.5 Å². The van der Waals surface area contributed by atoms with E-state index in [-0.39, 0.29) is 52.8 Å². The number of halogens is 3. The van der Waals surface area contributed by atoms with E-state index in [0.29, 0.717) is 44.2 Å². The predicted octanol–water partition coefficient (Wildman–Crippen LogP) is 5.77. The van der Waals surface area contributed by atoms with Gasteiger partial charge in [0, 0.05) is 70.2 Å². The highest BCUT2D eigenvalue weighted by Crippen LogP contribution is 2.40. The Bertz CT molecular complexity index is 2340. The summed E-state index contributed by atoms with van der Waals surface area (Å²) < 4.78 is 48.7. The summed E-state index contributed by atoms with van der Waals surface area (Å²) in [5, 5.41) is 10.7. The van der Waals surface area contributed by atoms with E-state index in [2.05, 4.69) is 36.1 Å². The first-order chi connectivity index (χ1) is 28.1. The Labute approximate surface area is 338 Å². The van der Waals surface area contributed by atoms with Crippen molar-refractivity contribution >= 4 is 58.1 Å². The third kappa shape index (κ3) is 8.55. The van der Waals surface area contributed by atoms with Gasteiger partial charge in [-0.3, -0.25) is 39.1 Å². The molecule has 4 heterocycles. The monoisotopic (exact) mass is 812 g/mol. The van der Waals surface area contributed by atoms with Crippen molar-refractivity contribution < 1.29 is 41.9 Å². The molecule has 0 radical (unpaired) electrons. The number of piperazine rings is 1. The summed E-state index contributed by atoms with van der Waals surface area (Å²) in [5.41, 5.74) is 2.70. The van der Waals surface area contributed by atoms with Crippen molar-refractivity contribution in [3.05, 3.63) is 100 Å². The fourth-order valence-electron chi connectivity index (χ4n) is 7.55. The first-order valence-electron chi connectivity index (χ1n) is 19.2. The first kappa shape index (κ1) is 40.7. The van der Waals surface area contributed by atoms with E-state index in [1.165, 1.54) is 25.2 Å². The number of anilines is 5. The Morgan fingerprint density at radius 3 is 2.34 bits per heavy atom. The first-order valence-corrected chi connectivity index (χ1v) is 19.2. The molecule has 2 saturated heterocycles. The van der Waals surface area contributed by atoms with Crippen LogP contribution in [-0.4, -0.2) is 89.7 Å². The number of benzene rings is 3. The molecular weight excluding hydrogens is 770 g/mol. The Hall–Kier alpha value is -6.49. The molecule has 14 nitrogen and oxygen atoms in total. The number of amides is 5. The van der Waals surface area contributed by atoms with Gasteiger partial charge in [-0.1, -0.05) is 18.2 Å². The van der Waals surface area contributed by atoms with Gasteiger partial charge in [-0.25, -0.2) is 4.98 Å². The van der Waals surface area contributed by atoms with Gasteiger partial charge in [-0.05, 0) is 68.7 Å². The van der Waals surface area contributed by atoms with Crippen LogP contribution >= 0.6 is 0 Å². The average Bonchev–Trinajstić information content (AvgIpc) is 3.43. The van der Waals surface area contributed by atoms with Crippen LogP contribution in [0, 0.1) is 6.92 Å². The van der Waals surface area contributed by atoms with Crippen molar-refractivity contribution in [3.8, 4) is 5.75 Å². The summed E-state index contributed by atoms with van der Waals surface area (Å²) in [7, 11) is 1.44. The second-order valence-corrected chi connectivity index (χ2v) is 14.9. The summed E-state index contributed by atoms with van der Waals surface area (Å²) in [5.74, 6) is -2.04. The molecule has 5 amide bonds. The number of nitrogens with one attached hydrogen (secondary N) is 4. The SMILES string of the molecule is CNC(=O)c1ccccc1Nc1cc(Nc2cc(C)c(N3CCN(Cc4ccc5c(c4)C(=O)N(C4CCC(=O)NC4=O)C5=O)CC3)cc2OC(C)C)ncc1C(F)(F)F. The number of piperidine rings is 1. The molecule has 3 aromatic carbocycles. The van der Waals surface area contributed by atoms with Gasteiger partial charge in [-0.2, -0.15) is 13.2 Å². The number of para-hydroxylation sites is 1. The fraction of sp³-hybridized carbons (Fsp3) is 0.333. The quantitative estimate of drug-likeness (QED) is 0.136. The molecule has 0 saturated carbocycles. The number of pyridine rings is 1. The maximum atomic E-state index is 14.2. The minimum Gasteiger partial charge on any atom is -0.489 e. The highest BCUT2D eigenvalue weighted by Gasteiger charge is 2.44. The Balaban J connectivity index is 1.05. The third-order valence-corrected chi connectivity index (χ3v) is 10.4. The van der Waals surface area contributed by atoms with Crippen molar-refractivity contribution in [2.75, 3.05) is 48.8 Å². The molecule has 4 aromatic rings. The number of rotatable bonds is 11. The van der Waals surface area contributed by atoms with Crippen LogP contribution in [0.3, 0.4) is 0 Å². The van der Waals surface area contributed by atoms with Crippen LogP contribution in [0.4, 0.5) is 41.7 Å². The number of carbonyl (C=O) groups excluding carboxylic acids is 5. The predicted molar refractivity (Wildman–Crippen MR) is 213 cm³/mol. The highest BCUT2D eigenvalue weighted by atomic mass is 19.4. The normalized spacial score (nSPS) is 17.3. The minimum absolute atomic E-state index is 0.0477. The average molecular weight is 813 g/mol. The summed E-state index contributed by atoms with van der Waals surface area (Å²) in [6.45, 7) is 8.90. The van der Waals surface area contributed by atoms with Crippen LogP contribution < -0.4 is 30.9 Å². The van der Waals surface area contributed by atoms with Gasteiger partial charge < -0.3 is 25.6 Å². The topological polar surface area (TPSA) is 165 Å². The van der Waals surface area contributed by atoms with Crippen molar-refractivity contribution in [2.24, 2.45) is 0 Å². The van der Waals surface area contributed by atoms with E-state index in [9.17, 15) is 37.1 Å².